The van der Waals surface area contributed by atoms with Crippen molar-refractivity contribution in [1.82, 2.24) is 5.43 Å². The van der Waals surface area contributed by atoms with Crippen LogP contribution in [0.3, 0.4) is 0 Å². The summed E-state index contributed by atoms with van der Waals surface area (Å²) in [5, 5.41) is 14.4. The molecule has 0 radical (unpaired) electrons. The second kappa shape index (κ2) is 9.28. The average Bonchev–Trinajstić information content (AvgIpc) is 2.65. The van der Waals surface area contributed by atoms with Crippen molar-refractivity contribution in [3.63, 3.8) is 0 Å². The number of nitro groups is 1. The number of hydrazone groups is 1. The number of hydrogen-bond donors (Lipinski definition) is 1. The second-order valence-corrected chi connectivity index (χ2v) is 5.96. The van der Waals surface area contributed by atoms with Crippen LogP contribution in [-0.4, -0.2) is 23.7 Å². The van der Waals surface area contributed by atoms with Gasteiger partial charge in [-0.1, -0.05) is 18.2 Å². The van der Waals surface area contributed by atoms with E-state index in [0.29, 0.717) is 5.75 Å². The van der Waals surface area contributed by atoms with Gasteiger partial charge in [0.1, 0.15) is 5.75 Å². The van der Waals surface area contributed by atoms with Crippen LogP contribution < -0.4 is 10.2 Å². The minimum Gasteiger partial charge on any atom is -0.483 e. The number of carbonyl (C=O) groups excluding carboxylic acids is 1. The van der Waals surface area contributed by atoms with E-state index in [9.17, 15) is 14.9 Å². The van der Waals surface area contributed by atoms with Gasteiger partial charge in [-0.2, -0.15) is 5.10 Å². The summed E-state index contributed by atoms with van der Waals surface area (Å²) in [5.74, 6) is 0.350. The van der Waals surface area contributed by atoms with Crippen molar-refractivity contribution in [1.29, 1.82) is 0 Å². The molecule has 0 saturated heterocycles. The number of benzene rings is 2. The molecule has 0 heterocycles. The summed E-state index contributed by atoms with van der Waals surface area (Å²) in [6.07, 6.45) is 4.76. The third kappa shape index (κ3) is 5.78. The first-order valence-electron chi connectivity index (χ1n) is 8.31. The lowest BCUT2D eigenvalue weighted by Crippen LogP contribution is -2.24. The number of aryl methyl sites for hydroxylation is 2. The van der Waals surface area contributed by atoms with Crippen LogP contribution in [0.1, 0.15) is 22.3 Å². The Hall–Kier alpha value is -3.48. The Morgan fingerprint density at radius 1 is 1.15 bits per heavy atom. The summed E-state index contributed by atoms with van der Waals surface area (Å²) in [5.41, 5.74) is 6.29. The smallest absolute Gasteiger partial charge is 0.277 e. The van der Waals surface area contributed by atoms with Crippen molar-refractivity contribution >= 4 is 23.9 Å². The molecule has 0 saturated carbocycles. The minimum atomic E-state index is -0.452. The van der Waals surface area contributed by atoms with E-state index in [2.05, 4.69) is 10.5 Å². The van der Waals surface area contributed by atoms with E-state index < -0.39 is 4.92 Å². The molecule has 27 heavy (non-hydrogen) atoms. The third-order valence-corrected chi connectivity index (χ3v) is 3.96. The summed E-state index contributed by atoms with van der Waals surface area (Å²) in [6, 6.07) is 10.1. The van der Waals surface area contributed by atoms with E-state index in [0.717, 1.165) is 22.3 Å². The van der Waals surface area contributed by atoms with E-state index in [1.807, 2.05) is 32.9 Å². The molecule has 0 unspecified atom stereocenters. The Morgan fingerprint density at radius 3 is 2.48 bits per heavy atom. The lowest BCUT2D eigenvalue weighted by Gasteiger charge is -2.13. The van der Waals surface area contributed by atoms with Gasteiger partial charge in [-0.25, -0.2) is 5.43 Å². The molecular weight excluding hydrogens is 346 g/mol. The summed E-state index contributed by atoms with van der Waals surface area (Å²) in [4.78, 5) is 22.0. The quantitative estimate of drug-likeness (QED) is 0.458. The molecule has 0 fully saturated rings. The van der Waals surface area contributed by atoms with Crippen LogP contribution in [0.2, 0.25) is 0 Å². The average molecular weight is 367 g/mol. The molecule has 0 aliphatic heterocycles. The van der Waals surface area contributed by atoms with Crippen LogP contribution in [0, 0.1) is 30.9 Å². The van der Waals surface area contributed by atoms with Gasteiger partial charge in [0.25, 0.3) is 11.6 Å². The van der Waals surface area contributed by atoms with E-state index in [1.54, 1.807) is 24.3 Å². The maximum Gasteiger partial charge on any atom is 0.277 e. The molecule has 2 aromatic rings. The zero-order chi connectivity index (χ0) is 19.8. The van der Waals surface area contributed by atoms with E-state index in [-0.39, 0.29) is 18.2 Å². The molecule has 2 rings (SSSR count). The number of nitrogens with zero attached hydrogens (tertiary/aromatic N) is 2. The first-order chi connectivity index (χ1) is 12.9. The number of ether oxygens (including phenoxy) is 1. The number of carbonyl (C=O) groups is 1. The fourth-order valence-electron chi connectivity index (χ4n) is 2.33. The number of non-ortho nitro benzene ring substituents is 1. The maximum atomic E-state index is 11.8. The first-order valence-corrected chi connectivity index (χ1v) is 8.31. The summed E-state index contributed by atoms with van der Waals surface area (Å²) in [6.45, 7) is 5.75. The lowest BCUT2D eigenvalue weighted by atomic mass is 10.1. The second-order valence-electron chi connectivity index (χ2n) is 5.96. The van der Waals surface area contributed by atoms with Crippen LogP contribution >= 0.6 is 0 Å². The van der Waals surface area contributed by atoms with Crippen LogP contribution in [0.5, 0.6) is 5.75 Å². The van der Waals surface area contributed by atoms with Crippen LogP contribution in [0.4, 0.5) is 5.69 Å². The van der Waals surface area contributed by atoms with Crippen molar-refractivity contribution in [2.45, 2.75) is 20.8 Å². The van der Waals surface area contributed by atoms with Crippen LogP contribution in [-0.2, 0) is 4.79 Å². The zero-order valence-electron chi connectivity index (χ0n) is 15.4. The van der Waals surface area contributed by atoms with Crippen molar-refractivity contribution in [3.8, 4) is 5.75 Å². The molecule has 2 aromatic carbocycles. The Kier molecular flexibility index (Phi) is 6.82. The van der Waals surface area contributed by atoms with Gasteiger partial charge >= 0.3 is 0 Å². The monoisotopic (exact) mass is 367 g/mol. The lowest BCUT2D eigenvalue weighted by molar-refractivity contribution is -0.384. The van der Waals surface area contributed by atoms with Gasteiger partial charge in [0, 0.05) is 18.3 Å². The van der Waals surface area contributed by atoms with Crippen molar-refractivity contribution < 1.29 is 14.5 Å². The number of amides is 1. The molecule has 7 heteroatoms. The number of nitrogens with one attached hydrogen (secondary N) is 1. The highest BCUT2D eigenvalue weighted by Gasteiger charge is 2.08. The molecule has 0 spiro atoms. The van der Waals surface area contributed by atoms with Gasteiger partial charge in [-0.15, -0.1) is 0 Å². The van der Waals surface area contributed by atoms with Crippen molar-refractivity contribution in [2.75, 3.05) is 6.61 Å². The summed E-state index contributed by atoms with van der Waals surface area (Å²) >= 11 is 0. The molecule has 0 aromatic heterocycles. The minimum absolute atomic E-state index is 0.0344. The number of rotatable bonds is 7. The highest BCUT2D eigenvalue weighted by Crippen LogP contribution is 2.25. The predicted molar refractivity (Wildman–Crippen MR) is 105 cm³/mol. The number of hydrogen-bond acceptors (Lipinski definition) is 5. The van der Waals surface area contributed by atoms with Gasteiger partial charge in [0.2, 0.25) is 0 Å². The standard InChI is InChI=1S/C20H21N3O4/c1-14-6-7-15(2)20(16(14)3)27-13-19(24)22-21-12-4-5-17-8-10-18(11-9-17)23(25)26/h4-12H,13H2,1-3H3,(H,22,24)/b5-4+,21-12+. The molecule has 1 amide bonds. The number of allylic oxidation sites excluding steroid dienone is 1. The molecule has 1 N–H and O–H groups in total. The fourth-order valence-corrected chi connectivity index (χ4v) is 2.33. The largest absolute Gasteiger partial charge is 0.483 e. The Balaban J connectivity index is 1.81. The van der Waals surface area contributed by atoms with Gasteiger partial charge in [-0.3, -0.25) is 14.9 Å². The molecule has 0 aliphatic rings. The Morgan fingerprint density at radius 2 is 1.81 bits per heavy atom. The first kappa shape index (κ1) is 19.8. The molecule has 140 valence electrons. The highest BCUT2D eigenvalue weighted by molar-refractivity contribution is 5.82. The third-order valence-electron chi connectivity index (χ3n) is 3.96. The summed E-state index contributed by atoms with van der Waals surface area (Å²) < 4.78 is 5.61. The van der Waals surface area contributed by atoms with Gasteiger partial charge < -0.3 is 4.74 Å². The fraction of sp³-hybridized carbons (Fsp3) is 0.200. The summed E-state index contributed by atoms with van der Waals surface area (Å²) in [7, 11) is 0. The molecule has 0 atom stereocenters. The highest BCUT2D eigenvalue weighted by atomic mass is 16.6. The zero-order valence-corrected chi connectivity index (χ0v) is 15.4. The molecule has 0 aliphatic carbocycles. The van der Waals surface area contributed by atoms with Gasteiger partial charge in [0.05, 0.1) is 4.92 Å². The van der Waals surface area contributed by atoms with Crippen LogP contribution in [0.15, 0.2) is 47.6 Å². The van der Waals surface area contributed by atoms with Crippen molar-refractivity contribution in [3.05, 3.63) is 74.8 Å². The Bertz CT molecular complexity index is 887. The molecule has 0 bridgehead atoms. The maximum absolute atomic E-state index is 11.8. The van der Waals surface area contributed by atoms with Gasteiger partial charge in [0.15, 0.2) is 6.61 Å². The van der Waals surface area contributed by atoms with E-state index >= 15 is 0 Å². The van der Waals surface area contributed by atoms with Crippen molar-refractivity contribution in [2.24, 2.45) is 5.10 Å². The topological polar surface area (TPSA) is 93.8 Å². The van der Waals surface area contributed by atoms with E-state index in [4.69, 9.17) is 4.74 Å². The van der Waals surface area contributed by atoms with Crippen LogP contribution in [0.25, 0.3) is 6.08 Å². The molecule has 7 nitrogen and oxygen atoms in total. The normalized spacial score (nSPS) is 11.1. The molecular formula is C20H21N3O4. The predicted octanol–water partition coefficient (Wildman–Crippen LogP) is 3.71. The van der Waals surface area contributed by atoms with Gasteiger partial charge in [-0.05, 0) is 61.2 Å². The number of nitro benzene ring substituents is 1. The van der Waals surface area contributed by atoms with E-state index in [1.165, 1.54) is 18.3 Å². The Labute approximate surface area is 157 Å². The SMILES string of the molecule is Cc1ccc(C)c(OCC(=O)N/N=C/C=C/c2ccc([N+](=O)[O-])cc2)c1C.